The molecule has 0 spiro atoms. The van der Waals surface area contributed by atoms with Crippen molar-refractivity contribution in [1.82, 2.24) is 4.98 Å². The van der Waals surface area contributed by atoms with Crippen molar-refractivity contribution in [2.24, 2.45) is 0 Å². The molecule has 1 heterocycles. The highest BCUT2D eigenvalue weighted by Gasteiger charge is 2.33. The molecule has 1 nitrogen and oxygen atoms in total. The van der Waals surface area contributed by atoms with Crippen LogP contribution in [0.1, 0.15) is 43.7 Å². The maximum absolute atomic E-state index is 14.5. The van der Waals surface area contributed by atoms with Crippen LogP contribution in [0.15, 0.2) is 85.1 Å². The van der Waals surface area contributed by atoms with E-state index >= 15 is 0 Å². The molecule has 5 rings (SSSR count). The summed E-state index contributed by atoms with van der Waals surface area (Å²) in [4.78, 5) is 4.47. The highest BCUT2D eigenvalue weighted by atomic mass is 19.4. The topological polar surface area (TPSA) is 12.9 Å². The van der Waals surface area contributed by atoms with Crippen LogP contribution >= 0.6 is 0 Å². The number of pyridine rings is 1. The van der Waals surface area contributed by atoms with Crippen molar-refractivity contribution in [2.75, 3.05) is 0 Å². The zero-order valence-electron chi connectivity index (χ0n) is 20.6. The first-order chi connectivity index (χ1) is 17.8. The van der Waals surface area contributed by atoms with Crippen molar-refractivity contribution in [3.05, 3.63) is 102 Å². The first-order valence-corrected chi connectivity index (χ1v) is 12.6. The van der Waals surface area contributed by atoms with Crippen LogP contribution in [0.25, 0.3) is 43.9 Å². The lowest BCUT2D eigenvalue weighted by Crippen LogP contribution is -2.07. The van der Waals surface area contributed by atoms with Gasteiger partial charge in [-0.05, 0) is 64.6 Å². The number of benzene rings is 4. The summed E-state index contributed by atoms with van der Waals surface area (Å²) in [6.45, 7) is 2.16. The first kappa shape index (κ1) is 24.9. The average Bonchev–Trinajstić information content (AvgIpc) is 2.91. The Hall–Kier alpha value is -3.73. The van der Waals surface area contributed by atoms with Crippen LogP contribution in [0, 0.1) is 5.82 Å². The van der Waals surface area contributed by atoms with Crippen molar-refractivity contribution < 1.29 is 17.6 Å². The Kier molecular flexibility index (Phi) is 6.96. The minimum absolute atomic E-state index is 0.119. The van der Waals surface area contributed by atoms with Crippen molar-refractivity contribution in [3.8, 4) is 22.4 Å². The number of hydrogen-bond donors (Lipinski definition) is 0. The van der Waals surface area contributed by atoms with Gasteiger partial charge >= 0.3 is 6.18 Å². The van der Waals surface area contributed by atoms with Gasteiger partial charge in [-0.3, -0.25) is 4.98 Å². The van der Waals surface area contributed by atoms with Gasteiger partial charge in [0.25, 0.3) is 0 Å². The molecule has 0 aliphatic carbocycles. The standard InChI is InChI=1S/C32H27F4N/c1-2-3-4-5-8-21-11-13-22(14-12-21)28-17-23(15-16-29(28)32(34,35)36)31-19-27-24(20-37-31)18-30(33)26-10-7-6-9-25(26)27/h6-7,9-20H,2-5,8H2,1H3. The van der Waals surface area contributed by atoms with Gasteiger partial charge in [0.15, 0.2) is 0 Å². The molecule has 0 fully saturated rings. The molecule has 0 atom stereocenters. The Labute approximate surface area is 213 Å². The van der Waals surface area contributed by atoms with Crippen LogP contribution in [0.3, 0.4) is 0 Å². The minimum atomic E-state index is -4.49. The Morgan fingerprint density at radius 1 is 0.730 bits per heavy atom. The fourth-order valence-electron chi connectivity index (χ4n) is 4.91. The molecule has 188 valence electrons. The summed E-state index contributed by atoms with van der Waals surface area (Å²) in [6.07, 6.45) is 2.58. The normalized spacial score (nSPS) is 11.9. The number of alkyl halides is 3. The number of halogens is 4. The summed E-state index contributed by atoms with van der Waals surface area (Å²) >= 11 is 0. The molecule has 0 N–H and O–H groups in total. The van der Waals surface area contributed by atoms with Crippen molar-refractivity contribution in [3.63, 3.8) is 0 Å². The van der Waals surface area contributed by atoms with Gasteiger partial charge in [-0.1, -0.05) is 80.8 Å². The third-order valence-electron chi connectivity index (χ3n) is 6.90. The molecule has 0 bridgehead atoms. The smallest absolute Gasteiger partial charge is 0.256 e. The molecule has 37 heavy (non-hydrogen) atoms. The summed E-state index contributed by atoms with van der Waals surface area (Å²) in [5.74, 6) is -0.330. The van der Waals surface area contributed by atoms with Crippen molar-refractivity contribution in [2.45, 2.75) is 45.2 Å². The molecule has 5 heteroatoms. The fraction of sp³-hybridized carbons (Fsp3) is 0.219. The van der Waals surface area contributed by atoms with E-state index in [-0.39, 0.29) is 11.4 Å². The zero-order chi connectivity index (χ0) is 26.0. The maximum atomic E-state index is 14.5. The van der Waals surface area contributed by atoms with Crippen molar-refractivity contribution >= 4 is 21.5 Å². The molecule has 0 unspecified atom stereocenters. The largest absolute Gasteiger partial charge is 0.417 e. The summed E-state index contributed by atoms with van der Waals surface area (Å²) in [7, 11) is 0. The minimum Gasteiger partial charge on any atom is -0.256 e. The van der Waals surface area contributed by atoms with Crippen LogP contribution in [-0.2, 0) is 12.6 Å². The van der Waals surface area contributed by atoms with Crippen LogP contribution in [0.4, 0.5) is 17.6 Å². The second kappa shape index (κ2) is 10.3. The second-order valence-corrected chi connectivity index (χ2v) is 9.46. The third kappa shape index (κ3) is 5.22. The van der Waals surface area contributed by atoms with E-state index in [0.29, 0.717) is 27.6 Å². The van der Waals surface area contributed by atoms with Gasteiger partial charge in [-0.15, -0.1) is 0 Å². The van der Waals surface area contributed by atoms with Gasteiger partial charge in [0.2, 0.25) is 0 Å². The Bertz CT molecular complexity index is 1550. The van der Waals surface area contributed by atoms with Gasteiger partial charge in [0.1, 0.15) is 5.82 Å². The Balaban J connectivity index is 1.56. The number of fused-ring (bicyclic) bond motifs is 3. The lowest BCUT2D eigenvalue weighted by atomic mass is 9.93. The highest BCUT2D eigenvalue weighted by Crippen LogP contribution is 2.40. The van der Waals surface area contributed by atoms with Crippen molar-refractivity contribution in [1.29, 1.82) is 0 Å². The third-order valence-corrected chi connectivity index (χ3v) is 6.90. The van der Waals surface area contributed by atoms with E-state index in [2.05, 4.69) is 11.9 Å². The molecule has 0 saturated carbocycles. The summed E-state index contributed by atoms with van der Waals surface area (Å²) in [5.41, 5.74) is 2.18. The van der Waals surface area contributed by atoms with Crippen LogP contribution in [0.5, 0.6) is 0 Å². The monoisotopic (exact) mass is 501 g/mol. The Morgan fingerprint density at radius 3 is 2.19 bits per heavy atom. The van der Waals surface area contributed by atoms with E-state index in [1.54, 1.807) is 36.5 Å². The quantitative estimate of drug-likeness (QED) is 0.123. The molecule has 0 aliphatic rings. The molecule has 1 aromatic heterocycles. The number of unbranched alkanes of at least 4 members (excludes halogenated alkanes) is 3. The van der Waals surface area contributed by atoms with E-state index in [1.165, 1.54) is 18.6 Å². The van der Waals surface area contributed by atoms with Gasteiger partial charge in [0, 0.05) is 22.5 Å². The predicted molar refractivity (Wildman–Crippen MR) is 143 cm³/mol. The lowest BCUT2D eigenvalue weighted by molar-refractivity contribution is -0.137. The molecule has 0 amide bonds. The Morgan fingerprint density at radius 2 is 1.46 bits per heavy atom. The predicted octanol–water partition coefficient (Wildman–Crippen LogP) is 10.0. The number of rotatable bonds is 7. The molecule has 0 radical (unpaired) electrons. The number of nitrogens with zero attached hydrogens (tertiary/aromatic N) is 1. The highest BCUT2D eigenvalue weighted by molar-refractivity contribution is 6.08. The number of aromatic nitrogens is 1. The van der Waals surface area contributed by atoms with Gasteiger partial charge in [-0.25, -0.2) is 4.39 Å². The van der Waals surface area contributed by atoms with Crippen LogP contribution < -0.4 is 0 Å². The zero-order valence-corrected chi connectivity index (χ0v) is 20.6. The van der Waals surface area contributed by atoms with E-state index < -0.39 is 11.7 Å². The summed E-state index contributed by atoms with van der Waals surface area (Å²) in [6, 6.07) is 21.9. The van der Waals surface area contributed by atoms with E-state index in [1.807, 2.05) is 30.3 Å². The van der Waals surface area contributed by atoms with E-state index in [0.717, 1.165) is 48.1 Å². The van der Waals surface area contributed by atoms with E-state index in [4.69, 9.17) is 0 Å². The summed E-state index contributed by atoms with van der Waals surface area (Å²) < 4.78 is 56.4. The molecule has 4 aromatic carbocycles. The van der Waals surface area contributed by atoms with Gasteiger partial charge in [-0.2, -0.15) is 13.2 Å². The number of hydrogen-bond acceptors (Lipinski definition) is 1. The van der Waals surface area contributed by atoms with Gasteiger partial charge < -0.3 is 0 Å². The van der Waals surface area contributed by atoms with E-state index in [9.17, 15) is 17.6 Å². The maximum Gasteiger partial charge on any atom is 0.417 e. The molecule has 5 aromatic rings. The number of aryl methyl sites for hydroxylation is 1. The van der Waals surface area contributed by atoms with Crippen LogP contribution in [0.2, 0.25) is 0 Å². The SMILES string of the molecule is CCCCCCc1ccc(-c2cc(-c3cc4c(cn3)cc(F)c3ccccc34)ccc2C(F)(F)F)cc1. The van der Waals surface area contributed by atoms with Crippen LogP contribution in [-0.4, -0.2) is 4.98 Å². The molecule has 0 aliphatic heterocycles. The van der Waals surface area contributed by atoms with Gasteiger partial charge in [0.05, 0.1) is 11.3 Å². The fourth-order valence-corrected chi connectivity index (χ4v) is 4.91. The molecular formula is C32H27F4N. The first-order valence-electron chi connectivity index (χ1n) is 12.6. The average molecular weight is 502 g/mol. The second-order valence-electron chi connectivity index (χ2n) is 9.46. The lowest BCUT2D eigenvalue weighted by Gasteiger charge is -2.15. The summed E-state index contributed by atoms with van der Waals surface area (Å²) in [5, 5.41) is 2.68. The molecule has 0 saturated heterocycles. The molecular weight excluding hydrogens is 474 g/mol.